The molecule has 4 rings (SSSR count). The van der Waals surface area contributed by atoms with Gasteiger partial charge >= 0.3 is 0 Å². The largest absolute Gasteiger partial charge is 0.373 e. The van der Waals surface area contributed by atoms with Crippen molar-refractivity contribution in [3.8, 4) is 0 Å². The fourth-order valence-electron chi connectivity index (χ4n) is 3.88. The quantitative estimate of drug-likeness (QED) is 0.848. The number of amides is 1. The number of halogens is 1. The zero-order valence-electron chi connectivity index (χ0n) is 15.5. The lowest BCUT2D eigenvalue weighted by Crippen LogP contribution is -2.44. The summed E-state index contributed by atoms with van der Waals surface area (Å²) >= 11 is 1.44. The van der Waals surface area contributed by atoms with Gasteiger partial charge in [0.25, 0.3) is 0 Å². The lowest BCUT2D eigenvalue weighted by atomic mass is 10.1. The maximum Gasteiger partial charge on any atom is 0.229 e. The number of carbonyl (C=O) groups is 1. The number of benzene rings is 1. The van der Waals surface area contributed by atoms with E-state index in [1.807, 2.05) is 11.4 Å². The Hall–Kier alpha value is -1.83. The third-order valence-electron chi connectivity index (χ3n) is 5.09. The fourth-order valence-corrected chi connectivity index (χ4v) is 4.59. The van der Waals surface area contributed by atoms with Crippen molar-refractivity contribution >= 4 is 22.4 Å². The van der Waals surface area contributed by atoms with Crippen LogP contribution in [0.15, 0.2) is 29.6 Å². The van der Waals surface area contributed by atoms with Crippen LogP contribution in [0.3, 0.4) is 0 Å². The first-order chi connectivity index (χ1) is 13.0. The maximum atomic E-state index is 13.9. The second-order valence-electron chi connectivity index (χ2n) is 7.55. The average molecular weight is 389 g/mol. The van der Waals surface area contributed by atoms with Crippen molar-refractivity contribution in [3.05, 3.63) is 46.7 Å². The minimum Gasteiger partial charge on any atom is -0.373 e. The summed E-state index contributed by atoms with van der Waals surface area (Å²) in [7, 11) is 0. The molecule has 27 heavy (non-hydrogen) atoms. The van der Waals surface area contributed by atoms with Crippen LogP contribution in [0.4, 0.5) is 9.52 Å². The molecule has 1 saturated carbocycles. The summed E-state index contributed by atoms with van der Waals surface area (Å²) in [6.45, 7) is 6.69. The standard InChI is InChI=1S/C20H24FN3O2S/c1-12-8-24(9-13(2)26-12)10-14-11-27-20(22-14)23-19(25)17-7-16(17)15-5-3-4-6-18(15)21/h3-6,11-13,16-17H,7-10H2,1-2H3,(H,22,23,25). The summed E-state index contributed by atoms with van der Waals surface area (Å²) in [5, 5.41) is 5.50. The maximum absolute atomic E-state index is 13.9. The number of nitrogens with zero attached hydrogens (tertiary/aromatic N) is 2. The molecule has 1 aromatic carbocycles. The van der Waals surface area contributed by atoms with Crippen molar-refractivity contribution in [1.82, 2.24) is 9.88 Å². The zero-order chi connectivity index (χ0) is 19.0. The van der Waals surface area contributed by atoms with Gasteiger partial charge in [-0.25, -0.2) is 9.37 Å². The van der Waals surface area contributed by atoms with Crippen molar-refractivity contribution in [1.29, 1.82) is 0 Å². The van der Waals surface area contributed by atoms with E-state index in [1.54, 1.807) is 12.1 Å². The lowest BCUT2D eigenvalue weighted by Gasteiger charge is -2.34. The van der Waals surface area contributed by atoms with E-state index in [0.717, 1.165) is 25.3 Å². The molecule has 2 aliphatic rings. The minimum absolute atomic E-state index is 0.0260. The van der Waals surface area contributed by atoms with Crippen LogP contribution in [0.1, 0.15) is 37.4 Å². The number of anilines is 1. The molecule has 1 aromatic heterocycles. The summed E-state index contributed by atoms with van der Waals surface area (Å²) in [6, 6.07) is 6.69. The number of thiazole rings is 1. The molecular formula is C20H24FN3O2S. The highest BCUT2D eigenvalue weighted by molar-refractivity contribution is 7.13. The molecule has 5 nitrogen and oxygen atoms in total. The third-order valence-corrected chi connectivity index (χ3v) is 5.90. The molecule has 7 heteroatoms. The van der Waals surface area contributed by atoms with Gasteiger partial charge in [0.05, 0.1) is 17.9 Å². The lowest BCUT2D eigenvalue weighted by molar-refractivity contribution is -0.117. The highest BCUT2D eigenvalue weighted by atomic mass is 32.1. The van der Waals surface area contributed by atoms with E-state index in [0.29, 0.717) is 17.1 Å². The highest BCUT2D eigenvalue weighted by Crippen LogP contribution is 2.48. The molecule has 1 N–H and O–H groups in total. The van der Waals surface area contributed by atoms with Crippen LogP contribution >= 0.6 is 11.3 Å². The molecule has 0 radical (unpaired) electrons. The van der Waals surface area contributed by atoms with Crippen LogP contribution in [0.2, 0.25) is 0 Å². The van der Waals surface area contributed by atoms with Crippen molar-refractivity contribution in [2.75, 3.05) is 18.4 Å². The van der Waals surface area contributed by atoms with E-state index in [9.17, 15) is 9.18 Å². The first kappa shape index (κ1) is 18.5. The van der Waals surface area contributed by atoms with Crippen molar-refractivity contribution in [3.63, 3.8) is 0 Å². The first-order valence-electron chi connectivity index (χ1n) is 9.37. The van der Waals surface area contributed by atoms with Crippen LogP contribution in [0, 0.1) is 11.7 Å². The Morgan fingerprint density at radius 3 is 2.81 bits per heavy atom. The Morgan fingerprint density at radius 1 is 1.33 bits per heavy atom. The van der Waals surface area contributed by atoms with Gasteiger partial charge in [-0.15, -0.1) is 11.3 Å². The number of rotatable bonds is 5. The Labute approximate surface area is 162 Å². The molecule has 4 atom stereocenters. The van der Waals surface area contributed by atoms with Crippen molar-refractivity contribution in [2.24, 2.45) is 5.92 Å². The summed E-state index contributed by atoms with van der Waals surface area (Å²) in [6.07, 6.45) is 1.13. The molecule has 0 spiro atoms. The van der Waals surface area contributed by atoms with Gasteiger partial charge in [0.15, 0.2) is 5.13 Å². The molecule has 1 aliphatic heterocycles. The second-order valence-corrected chi connectivity index (χ2v) is 8.41. The van der Waals surface area contributed by atoms with Gasteiger partial charge in [0.2, 0.25) is 5.91 Å². The SMILES string of the molecule is CC1CN(Cc2csc(NC(=O)C3CC3c3ccccc3F)n2)CC(C)O1. The summed E-state index contributed by atoms with van der Waals surface area (Å²) < 4.78 is 19.6. The summed E-state index contributed by atoms with van der Waals surface area (Å²) in [5.41, 5.74) is 1.59. The highest BCUT2D eigenvalue weighted by Gasteiger charge is 2.45. The van der Waals surface area contributed by atoms with Crippen LogP contribution in [-0.2, 0) is 16.1 Å². The molecular weight excluding hydrogens is 365 g/mol. The van der Waals surface area contributed by atoms with Crippen molar-refractivity contribution in [2.45, 2.75) is 44.9 Å². The number of ether oxygens (including phenoxy) is 1. The summed E-state index contributed by atoms with van der Waals surface area (Å²) in [4.78, 5) is 19.3. The molecule has 1 amide bonds. The van der Waals surface area contributed by atoms with E-state index in [-0.39, 0.29) is 35.8 Å². The first-order valence-corrected chi connectivity index (χ1v) is 10.2. The van der Waals surface area contributed by atoms with E-state index in [2.05, 4.69) is 29.0 Å². The molecule has 2 fully saturated rings. The van der Waals surface area contributed by atoms with Crippen LogP contribution in [0.5, 0.6) is 0 Å². The Bertz CT molecular complexity index is 817. The molecule has 2 heterocycles. The van der Waals surface area contributed by atoms with Gasteiger partial charge in [-0.2, -0.15) is 0 Å². The molecule has 1 saturated heterocycles. The minimum atomic E-state index is -0.233. The van der Waals surface area contributed by atoms with Gasteiger partial charge in [-0.05, 0) is 37.8 Å². The summed E-state index contributed by atoms with van der Waals surface area (Å²) in [5.74, 6) is -0.502. The Balaban J connectivity index is 1.32. The van der Waals surface area contributed by atoms with Gasteiger partial charge in [-0.1, -0.05) is 18.2 Å². The van der Waals surface area contributed by atoms with Gasteiger partial charge < -0.3 is 10.1 Å². The molecule has 1 aliphatic carbocycles. The van der Waals surface area contributed by atoms with Crippen LogP contribution in [0.25, 0.3) is 0 Å². The van der Waals surface area contributed by atoms with Gasteiger partial charge in [0, 0.05) is 30.9 Å². The Morgan fingerprint density at radius 2 is 2.07 bits per heavy atom. The number of morpholine rings is 1. The normalized spacial score (nSPS) is 28.1. The molecule has 4 unspecified atom stereocenters. The Kier molecular flexibility index (Phi) is 5.25. The van der Waals surface area contributed by atoms with E-state index in [4.69, 9.17) is 4.74 Å². The van der Waals surface area contributed by atoms with Crippen LogP contribution < -0.4 is 5.32 Å². The van der Waals surface area contributed by atoms with Crippen molar-refractivity contribution < 1.29 is 13.9 Å². The number of aromatic nitrogens is 1. The van der Waals surface area contributed by atoms with E-state index < -0.39 is 0 Å². The monoisotopic (exact) mass is 389 g/mol. The molecule has 0 bridgehead atoms. The zero-order valence-corrected chi connectivity index (χ0v) is 16.3. The van der Waals surface area contributed by atoms with Gasteiger partial charge in [-0.3, -0.25) is 9.69 Å². The van der Waals surface area contributed by atoms with Gasteiger partial charge in [0.1, 0.15) is 5.82 Å². The number of hydrogen-bond acceptors (Lipinski definition) is 5. The smallest absolute Gasteiger partial charge is 0.229 e. The number of nitrogens with one attached hydrogen (secondary N) is 1. The number of hydrogen-bond donors (Lipinski definition) is 1. The average Bonchev–Trinajstić information content (AvgIpc) is 3.29. The molecule has 144 valence electrons. The number of carbonyl (C=O) groups excluding carboxylic acids is 1. The van der Waals surface area contributed by atoms with Crippen LogP contribution in [-0.4, -0.2) is 41.1 Å². The predicted molar refractivity (Wildman–Crippen MR) is 103 cm³/mol. The second kappa shape index (κ2) is 7.66. The fraction of sp³-hybridized carbons (Fsp3) is 0.500. The van der Waals surface area contributed by atoms with E-state index >= 15 is 0 Å². The predicted octanol–water partition coefficient (Wildman–Crippen LogP) is 3.63. The third kappa shape index (κ3) is 4.36. The molecule has 2 aromatic rings. The topological polar surface area (TPSA) is 54.5 Å². The van der Waals surface area contributed by atoms with E-state index in [1.165, 1.54) is 17.4 Å².